The van der Waals surface area contributed by atoms with Crippen LogP contribution in [0.2, 0.25) is 0 Å². The van der Waals surface area contributed by atoms with Crippen LogP contribution in [-0.2, 0) is 14.3 Å². The fourth-order valence-electron chi connectivity index (χ4n) is 2.24. The summed E-state index contributed by atoms with van der Waals surface area (Å²) >= 11 is 0. The van der Waals surface area contributed by atoms with Gasteiger partial charge in [0.2, 0.25) is 0 Å². The Hall–Kier alpha value is -2.62. The second-order valence-electron chi connectivity index (χ2n) is 6.40. The number of rotatable bonds is 2. The molecule has 0 bridgehead atoms. The average molecular weight is 335 g/mol. The number of nitrogens with one attached hydrogen (secondary N) is 2. The molecule has 1 aliphatic rings. The molecular formula is C17H25N3O4. The van der Waals surface area contributed by atoms with Crippen LogP contribution in [0, 0.1) is 17.2 Å². The molecule has 2 N–H and O–H groups in total. The largest absolute Gasteiger partial charge is 0.444 e. The van der Waals surface area contributed by atoms with Crippen LogP contribution in [0.3, 0.4) is 0 Å². The van der Waals surface area contributed by atoms with E-state index in [0.717, 1.165) is 0 Å². The lowest BCUT2D eigenvalue weighted by Gasteiger charge is -2.24. The van der Waals surface area contributed by atoms with Crippen LogP contribution in [0.5, 0.6) is 0 Å². The van der Waals surface area contributed by atoms with Gasteiger partial charge in [-0.2, -0.15) is 5.26 Å². The van der Waals surface area contributed by atoms with Crippen molar-refractivity contribution in [3.05, 3.63) is 22.9 Å². The normalized spacial score (nSPS) is 18.8. The smallest absolute Gasteiger partial charge is 0.411 e. The van der Waals surface area contributed by atoms with E-state index >= 15 is 0 Å². The molecule has 0 aromatic rings. The van der Waals surface area contributed by atoms with Crippen LogP contribution < -0.4 is 10.6 Å². The van der Waals surface area contributed by atoms with Crippen LogP contribution in [0.15, 0.2) is 22.9 Å². The van der Waals surface area contributed by atoms with E-state index in [0.29, 0.717) is 24.1 Å². The summed E-state index contributed by atoms with van der Waals surface area (Å²) in [4.78, 5) is 31.6. The Morgan fingerprint density at radius 2 is 1.92 bits per heavy atom. The third-order valence-corrected chi connectivity index (χ3v) is 3.03. The number of nitrogens with zero attached hydrogens (tertiary/aromatic N) is 1. The van der Waals surface area contributed by atoms with Gasteiger partial charge in [-0.05, 0) is 51.2 Å². The summed E-state index contributed by atoms with van der Waals surface area (Å²) < 4.78 is 5.22. The molecule has 0 spiro atoms. The lowest BCUT2D eigenvalue weighted by Crippen LogP contribution is -2.33. The number of carbonyl (C=O) groups is 3. The molecule has 0 aliphatic heterocycles. The zero-order valence-electron chi connectivity index (χ0n) is 14.9. The first-order valence-electron chi connectivity index (χ1n) is 7.51. The van der Waals surface area contributed by atoms with E-state index in [1.54, 1.807) is 26.8 Å². The topological polar surface area (TPSA) is 108 Å². The van der Waals surface area contributed by atoms with Crippen LogP contribution in [0.1, 0.15) is 40.5 Å². The molecule has 7 nitrogen and oxygen atoms in total. The van der Waals surface area contributed by atoms with Gasteiger partial charge < -0.3 is 14.8 Å². The highest BCUT2D eigenvalue weighted by Gasteiger charge is 2.23. The quantitative estimate of drug-likeness (QED) is 0.594. The lowest BCUT2D eigenvalue weighted by molar-refractivity contribution is -0.116. The summed E-state index contributed by atoms with van der Waals surface area (Å²) in [7, 11) is 1.48. The van der Waals surface area contributed by atoms with Crippen molar-refractivity contribution >= 4 is 18.8 Å². The lowest BCUT2D eigenvalue weighted by atomic mass is 9.87. The Labute approximate surface area is 142 Å². The third kappa shape index (κ3) is 7.09. The monoisotopic (exact) mass is 335 g/mol. The van der Waals surface area contributed by atoms with Crippen LogP contribution in [-0.4, -0.2) is 31.4 Å². The van der Waals surface area contributed by atoms with Gasteiger partial charge in [0.25, 0.3) is 5.91 Å². The number of carbonyl (C=O) groups excluding carboxylic acids is 3. The molecule has 0 aromatic heterocycles. The van der Waals surface area contributed by atoms with Gasteiger partial charge in [-0.15, -0.1) is 0 Å². The fourth-order valence-corrected chi connectivity index (χ4v) is 2.24. The zero-order valence-corrected chi connectivity index (χ0v) is 14.9. The number of amides is 2. The molecule has 0 fully saturated rings. The molecular weight excluding hydrogens is 310 g/mol. The van der Waals surface area contributed by atoms with Crippen molar-refractivity contribution in [1.82, 2.24) is 10.6 Å². The second-order valence-corrected chi connectivity index (χ2v) is 6.40. The molecule has 1 rings (SSSR count). The Balaban J connectivity index is 0.00000254. The maximum absolute atomic E-state index is 11.8. The van der Waals surface area contributed by atoms with E-state index in [1.165, 1.54) is 7.05 Å². The summed E-state index contributed by atoms with van der Waals surface area (Å²) in [5.41, 5.74) is 0.785. The Bertz CT molecular complexity index is 580. The molecule has 0 radical (unpaired) electrons. The first-order chi connectivity index (χ1) is 11.2. The molecule has 0 saturated heterocycles. The van der Waals surface area contributed by atoms with Gasteiger partial charge in [-0.25, -0.2) is 4.79 Å². The van der Waals surface area contributed by atoms with Gasteiger partial charge >= 0.3 is 6.09 Å². The van der Waals surface area contributed by atoms with E-state index in [2.05, 4.69) is 10.6 Å². The Morgan fingerprint density at radius 3 is 2.38 bits per heavy atom. The molecule has 24 heavy (non-hydrogen) atoms. The molecule has 0 saturated carbocycles. The first-order valence-corrected chi connectivity index (χ1v) is 7.51. The SMILES string of the molecule is C=O.CNC(=O)/C(C#N)=C1\C=C(NC(=O)OC(C)(C)C)CC(C)C1. The molecule has 0 heterocycles. The van der Waals surface area contributed by atoms with Crippen molar-refractivity contribution in [3.8, 4) is 6.07 Å². The van der Waals surface area contributed by atoms with Crippen LogP contribution >= 0.6 is 0 Å². The minimum absolute atomic E-state index is 0.0811. The second kappa shape index (κ2) is 9.50. The molecule has 7 heteroatoms. The molecule has 1 unspecified atom stereocenters. The third-order valence-electron chi connectivity index (χ3n) is 3.03. The number of nitriles is 1. The minimum Gasteiger partial charge on any atom is -0.444 e. The van der Waals surface area contributed by atoms with Crippen LogP contribution in [0.4, 0.5) is 4.79 Å². The molecule has 1 atom stereocenters. The van der Waals surface area contributed by atoms with Crippen molar-refractivity contribution < 1.29 is 19.1 Å². The van der Waals surface area contributed by atoms with E-state index in [1.807, 2.05) is 19.8 Å². The number of likely N-dealkylation sites (N-methyl/N-ethyl adjacent to an activating group) is 1. The summed E-state index contributed by atoms with van der Waals surface area (Å²) in [6, 6.07) is 1.93. The van der Waals surface area contributed by atoms with Gasteiger partial charge in [0.05, 0.1) is 0 Å². The molecule has 132 valence electrons. The first kappa shape index (κ1) is 21.4. The van der Waals surface area contributed by atoms with E-state index in [-0.39, 0.29) is 11.5 Å². The highest BCUT2D eigenvalue weighted by Crippen LogP contribution is 2.28. The Kier molecular flexibility index (Phi) is 8.47. The predicted molar refractivity (Wildman–Crippen MR) is 89.7 cm³/mol. The maximum atomic E-state index is 11.8. The minimum atomic E-state index is -0.580. The predicted octanol–water partition coefficient (Wildman–Crippen LogP) is 2.21. The summed E-state index contributed by atoms with van der Waals surface area (Å²) in [6.45, 7) is 9.36. The van der Waals surface area contributed by atoms with Crippen molar-refractivity contribution in [1.29, 1.82) is 5.26 Å². The maximum Gasteiger partial charge on any atom is 0.411 e. The van der Waals surface area contributed by atoms with Crippen molar-refractivity contribution in [2.75, 3.05) is 7.05 Å². The van der Waals surface area contributed by atoms with Crippen molar-refractivity contribution in [3.63, 3.8) is 0 Å². The van der Waals surface area contributed by atoms with Crippen molar-refractivity contribution in [2.45, 2.75) is 46.1 Å². The Morgan fingerprint density at radius 1 is 1.33 bits per heavy atom. The van der Waals surface area contributed by atoms with E-state index < -0.39 is 17.6 Å². The number of hydrogen-bond acceptors (Lipinski definition) is 5. The van der Waals surface area contributed by atoms with Gasteiger partial charge in [-0.3, -0.25) is 10.1 Å². The molecule has 1 aliphatic carbocycles. The summed E-state index contributed by atoms with van der Waals surface area (Å²) in [5, 5.41) is 14.3. The highest BCUT2D eigenvalue weighted by molar-refractivity contribution is 5.98. The molecule has 2 amide bonds. The van der Waals surface area contributed by atoms with Gasteiger partial charge in [0.1, 0.15) is 24.0 Å². The van der Waals surface area contributed by atoms with Gasteiger partial charge in [0, 0.05) is 12.7 Å². The number of ether oxygens (including phenoxy) is 1. The van der Waals surface area contributed by atoms with Crippen molar-refractivity contribution in [2.24, 2.45) is 5.92 Å². The summed E-state index contributed by atoms with van der Waals surface area (Å²) in [6.07, 6.45) is 2.44. The molecule has 0 aromatic carbocycles. The highest BCUT2D eigenvalue weighted by atomic mass is 16.6. The zero-order chi connectivity index (χ0) is 18.9. The van der Waals surface area contributed by atoms with E-state index in [4.69, 9.17) is 9.53 Å². The van der Waals surface area contributed by atoms with Gasteiger partial charge in [0.15, 0.2) is 0 Å². The number of alkyl carbamates (subject to hydrolysis) is 1. The number of hydrogen-bond donors (Lipinski definition) is 2. The average Bonchev–Trinajstić information content (AvgIpc) is 2.47. The van der Waals surface area contributed by atoms with E-state index in [9.17, 15) is 14.9 Å². The number of allylic oxidation sites excluding steroid dienone is 3. The van der Waals surface area contributed by atoms with Crippen LogP contribution in [0.25, 0.3) is 0 Å². The summed E-state index contributed by atoms with van der Waals surface area (Å²) in [5.74, 6) is -0.197. The standard InChI is InChI=1S/C16H23N3O3.CH2O/c1-10-6-11(13(9-17)14(20)18-5)8-12(7-10)19-15(21)22-16(2,3)4;1-2/h8,10H,6-7H2,1-5H3,(H,18,20)(H,19,21);1H2/b13-11-;. The fraction of sp³-hybridized carbons (Fsp3) is 0.529. The van der Waals surface area contributed by atoms with Gasteiger partial charge in [-0.1, -0.05) is 6.92 Å².